The summed E-state index contributed by atoms with van der Waals surface area (Å²) in [5.41, 5.74) is 0. The Kier molecular flexibility index (Phi) is 8.02. The predicted octanol–water partition coefficient (Wildman–Crippen LogP) is 0.602. The molecule has 1 fully saturated rings. The van der Waals surface area contributed by atoms with Gasteiger partial charge in [-0.3, -0.25) is 9.69 Å². The van der Waals surface area contributed by atoms with Gasteiger partial charge in [0.05, 0.1) is 6.04 Å². The summed E-state index contributed by atoms with van der Waals surface area (Å²) in [7, 11) is 1.68. The standard InChI is InChI=1S/C14H29N3O2/c1-4-17(11-13-7-5-8-15-13)12(2)14(18)16-9-6-10-19-3/h12-13,15H,4-11H2,1-3H3,(H,16,18). The van der Waals surface area contributed by atoms with E-state index in [0.717, 1.165) is 26.1 Å². The number of carbonyl (C=O) groups is 1. The highest BCUT2D eigenvalue weighted by Crippen LogP contribution is 2.09. The van der Waals surface area contributed by atoms with Crippen molar-refractivity contribution in [2.75, 3.05) is 39.9 Å². The Balaban J connectivity index is 2.29. The first-order valence-corrected chi connectivity index (χ1v) is 7.43. The van der Waals surface area contributed by atoms with Crippen LogP contribution < -0.4 is 10.6 Å². The molecule has 0 aliphatic carbocycles. The van der Waals surface area contributed by atoms with Crippen LogP contribution in [-0.4, -0.2) is 62.8 Å². The number of ether oxygens (including phenoxy) is 1. The van der Waals surface area contributed by atoms with E-state index in [1.54, 1.807) is 7.11 Å². The second-order valence-electron chi connectivity index (χ2n) is 5.19. The number of carbonyl (C=O) groups excluding carboxylic acids is 1. The maximum absolute atomic E-state index is 12.1. The van der Waals surface area contributed by atoms with Gasteiger partial charge in [0.25, 0.3) is 0 Å². The van der Waals surface area contributed by atoms with Crippen LogP contribution in [0.1, 0.15) is 33.1 Å². The van der Waals surface area contributed by atoms with E-state index in [4.69, 9.17) is 4.74 Å². The lowest BCUT2D eigenvalue weighted by Crippen LogP contribution is -2.49. The van der Waals surface area contributed by atoms with Crippen molar-refractivity contribution < 1.29 is 9.53 Å². The van der Waals surface area contributed by atoms with Crippen molar-refractivity contribution in [2.24, 2.45) is 0 Å². The Morgan fingerprint density at radius 2 is 2.37 bits per heavy atom. The molecule has 0 aromatic heterocycles. The molecule has 1 aliphatic heterocycles. The molecule has 112 valence electrons. The first kappa shape index (κ1) is 16.4. The van der Waals surface area contributed by atoms with Crippen molar-refractivity contribution in [2.45, 2.75) is 45.2 Å². The summed E-state index contributed by atoms with van der Waals surface area (Å²) >= 11 is 0. The van der Waals surface area contributed by atoms with Crippen molar-refractivity contribution in [1.29, 1.82) is 0 Å². The molecule has 19 heavy (non-hydrogen) atoms. The topological polar surface area (TPSA) is 53.6 Å². The molecule has 1 saturated heterocycles. The average molecular weight is 271 g/mol. The first-order chi connectivity index (χ1) is 9.19. The normalized spacial score (nSPS) is 20.7. The molecule has 0 bridgehead atoms. The average Bonchev–Trinajstić information content (AvgIpc) is 2.93. The smallest absolute Gasteiger partial charge is 0.237 e. The van der Waals surface area contributed by atoms with Gasteiger partial charge < -0.3 is 15.4 Å². The third-order valence-electron chi connectivity index (χ3n) is 3.78. The molecule has 1 aliphatic rings. The Morgan fingerprint density at radius 3 is 2.95 bits per heavy atom. The van der Waals surface area contributed by atoms with Gasteiger partial charge in [0.1, 0.15) is 0 Å². The molecule has 2 unspecified atom stereocenters. The van der Waals surface area contributed by atoms with Gasteiger partial charge in [-0.25, -0.2) is 0 Å². The van der Waals surface area contributed by atoms with Gasteiger partial charge >= 0.3 is 0 Å². The lowest BCUT2D eigenvalue weighted by molar-refractivity contribution is -0.126. The van der Waals surface area contributed by atoms with Crippen LogP contribution in [0.2, 0.25) is 0 Å². The predicted molar refractivity (Wildman–Crippen MR) is 77.2 cm³/mol. The van der Waals surface area contributed by atoms with Gasteiger partial charge in [-0.1, -0.05) is 6.92 Å². The number of rotatable bonds is 9. The highest BCUT2D eigenvalue weighted by molar-refractivity contribution is 5.81. The maximum Gasteiger partial charge on any atom is 0.237 e. The SMILES string of the molecule is CCN(CC1CCCN1)C(C)C(=O)NCCCOC. The molecular weight excluding hydrogens is 242 g/mol. The monoisotopic (exact) mass is 271 g/mol. The van der Waals surface area contributed by atoms with Crippen LogP contribution >= 0.6 is 0 Å². The van der Waals surface area contributed by atoms with Crippen LogP contribution in [-0.2, 0) is 9.53 Å². The Hall–Kier alpha value is -0.650. The molecule has 0 aromatic rings. The summed E-state index contributed by atoms with van der Waals surface area (Å²) in [5, 5.41) is 6.46. The molecule has 2 N–H and O–H groups in total. The van der Waals surface area contributed by atoms with E-state index in [2.05, 4.69) is 22.5 Å². The van der Waals surface area contributed by atoms with Gasteiger partial charge in [0, 0.05) is 32.8 Å². The zero-order valence-corrected chi connectivity index (χ0v) is 12.6. The highest BCUT2D eigenvalue weighted by Gasteiger charge is 2.24. The summed E-state index contributed by atoms with van der Waals surface area (Å²) < 4.78 is 4.97. The molecule has 1 heterocycles. The fraction of sp³-hybridized carbons (Fsp3) is 0.929. The van der Waals surface area contributed by atoms with Gasteiger partial charge in [-0.2, -0.15) is 0 Å². The maximum atomic E-state index is 12.1. The fourth-order valence-electron chi connectivity index (χ4n) is 2.50. The molecule has 0 spiro atoms. The minimum Gasteiger partial charge on any atom is -0.385 e. The molecule has 1 amide bonds. The third-order valence-corrected chi connectivity index (χ3v) is 3.78. The van der Waals surface area contributed by atoms with Gasteiger partial charge in [0.15, 0.2) is 0 Å². The number of nitrogens with zero attached hydrogens (tertiary/aromatic N) is 1. The van der Waals surface area contributed by atoms with Gasteiger partial charge in [-0.15, -0.1) is 0 Å². The highest BCUT2D eigenvalue weighted by atomic mass is 16.5. The zero-order chi connectivity index (χ0) is 14.1. The number of likely N-dealkylation sites (N-methyl/N-ethyl adjacent to an activating group) is 1. The number of hydrogen-bond acceptors (Lipinski definition) is 4. The lowest BCUT2D eigenvalue weighted by Gasteiger charge is -2.29. The molecule has 2 atom stereocenters. The van der Waals surface area contributed by atoms with E-state index in [1.165, 1.54) is 12.8 Å². The largest absolute Gasteiger partial charge is 0.385 e. The summed E-state index contributed by atoms with van der Waals surface area (Å²) in [6.07, 6.45) is 3.34. The van der Waals surface area contributed by atoms with E-state index in [9.17, 15) is 4.79 Å². The van der Waals surface area contributed by atoms with Crippen LogP contribution in [0.15, 0.2) is 0 Å². The molecule has 1 rings (SSSR count). The summed E-state index contributed by atoms with van der Waals surface area (Å²) in [4.78, 5) is 14.3. The summed E-state index contributed by atoms with van der Waals surface area (Å²) in [5.74, 6) is 0.121. The number of hydrogen-bond donors (Lipinski definition) is 2. The van der Waals surface area contributed by atoms with Crippen LogP contribution in [0.5, 0.6) is 0 Å². The van der Waals surface area contributed by atoms with Gasteiger partial charge in [-0.05, 0) is 39.3 Å². The minimum atomic E-state index is -0.0602. The van der Waals surface area contributed by atoms with E-state index in [0.29, 0.717) is 19.2 Å². The molecule has 0 aromatic carbocycles. The Bertz CT molecular complexity index is 255. The molecule has 0 saturated carbocycles. The van der Waals surface area contributed by atoms with Crippen LogP contribution in [0.4, 0.5) is 0 Å². The summed E-state index contributed by atoms with van der Waals surface area (Å²) in [6.45, 7) is 8.47. The number of nitrogens with one attached hydrogen (secondary N) is 2. The van der Waals surface area contributed by atoms with Crippen molar-refractivity contribution in [3.8, 4) is 0 Å². The van der Waals surface area contributed by atoms with E-state index in [1.807, 2.05) is 6.92 Å². The minimum absolute atomic E-state index is 0.0602. The van der Waals surface area contributed by atoms with E-state index >= 15 is 0 Å². The zero-order valence-electron chi connectivity index (χ0n) is 12.6. The fourth-order valence-corrected chi connectivity index (χ4v) is 2.50. The van der Waals surface area contributed by atoms with Crippen molar-refractivity contribution >= 4 is 5.91 Å². The molecule has 0 radical (unpaired) electrons. The van der Waals surface area contributed by atoms with Gasteiger partial charge in [0.2, 0.25) is 5.91 Å². The lowest BCUT2D eigenvalue weighted by atomic mass is 10.1. The van der Waals surface area contributed by atoms with Crippen LogP contribution in [0.3, 0.4) is 0 Å². The second-order valence-corrected chi connectivity index (χ2v) is 5.19. The Labute approximate surface area is 117 Å². The van der Waals surface area contributed by atoms with Crippen molar-refractivity contribution in [1.82, 2.24) is 15.5 Å². The number of amides is 1. The molecule has 5 nitrogen and oxygen atoms in total. The van der Waals surface area contributed by atoms with Crippen LogP contribution in [0, 0.1) is 0 Å². The number of methoxy groups -OCH3 is 1. The van der Waals surface area contributed by atoms with Crippen LogP contribution in [0.25, 0.3) is 0 Å². The molecule has 5 heteroatoms. The van der Waals surface area contributed by atoms with E-state index in [-0.39, 0.29) is 11.9 Å². The second kappa shape index (κ2) is 9.28. The van der Waals surface area contributed by atoms with Crippen molar-refractivity contribution in [3.63, 3.8) is 0 Å². The summed E-state index contributed by atoms with van der Waals surface area (Å²) in [6, 6.07) is 0.485. The first-order valence-electron chi connectivity index (χ1n) is 7.43. The Morgan fingerprint density at radius 1 is 1.58 bits per heavy atom. The quantitative estimate of drug-likeness (QED) is 0.603. The molecular formula is C14H29N3O2. The van der Waals surface area contributed by atoms with Crippen molar-refractivity contribution in [3.05, 3.63) is 0 Å². The third kappa shape index (κ3) is 5.89. The van der Waals surface area contributed by atoms with E-state index < -0.39 is 0 Å².